The van der Waals surface area contributed by atoms with Gasteiger partial charge in [-0.1, -0.05) is 18.2 Å². The first kappa shape index (κ1) is 7.54. The predicted octanol–water partition coefficient (Wildman–Crippen LogP) is 1.60. The Morgan fingerprint density at radius 2 is 1.82 bits per heavy atom. The van der Waals surface area contributed by atoms with E-state index in [9.17, 15) is 4.79 Å². The second-order valence-corrected chi connectivity index (χ2v) is 2.09. The van der Waals surface area contributed by atoms with Crippen LogP contribution in [0.15, 0.2) is 30.3 Å². The van der Waals surface area contributed by atoms with Crippen molar-refractivity contribution < 1.29 is 9.90 Å². The second kappa shape index (κ2) is 3.56. The van der Waals surface area contributed by atoms with Crippen molar-refractivity contribution >= 4 is 12.4 Å². The Balaban J connectivity index is 2.81. The maximum Gasteiger partial charge on any atom is 0.142 e. The van der Waals surface area contributed by atoms with Gasteiger partial charge in [0.15, 0.2) is 0 Å². The van der Waals surface area contributed by atoms with E-state index in [1.165, 1.54) is 6.08 Å². The van der Waals surface area contributed by atoms with Gasteiger partial charge in [-0.3, -0.25) is 4.79 Å². The van der Waals surface area contributed by atoms with Gasteiger partial charge >= 0.3 is 0 Å². The molecule has 0 spiro atoms. The number of carbonyl (C=O) groups excluding carboxylic acids is 1. The fourth-order valence-electron chi connectivity index (χ4n) is 0.736. The predicted molar refractivity (Wildman–Crippen MR) is 43.2 cm³/mol. The monoisotopic (exact) mass is 148 g/mol. The van der Waals surface area contributed by atoms with Crippen LogP contribution < -0.4 is 0 Å². The number of allylic oxidation sites excluding steroid dienone is 1. The van der Waals surface area contributed by atoms with Crippen molar-refractivity contribution in [2.24, 2.45) is 0 Å². The largest absolute Gasteiger partial charge is 0.508 e. The molecule has 2 heteroatoms. The van der Waals surface area contributed by atoms with Crippen LogP contribution in [0.3, 0.4) is 0 Å². The molecule has 0 atom stereocenters. The van der Waals surface area contributed by atoms with Crippen molar-refractivity contribution in [1.82, 2.24) is 0 Å². The van der Waals surface area contributed by atoms with Gasteiger partial charge in [0.05, 0.1) is 0 Å². The van der Waals surface area contributed by atoms with Gasteiger partial charge in [0.2, 0.25) is 0 Å². The minimum absolute atomic E-state index is 0.230. The lowest BCUT2D eigenvalue weighted by atomic mass is 10.2. The van der Waals surface area contributed by atoms with E-state index in [0.29, 0.717) is 6.29 Å². The molecule has 1 aromatic rings. The highest BCUT2D eigenvalue weighted by molar-refractivity contribution is 5.73. The molecule has 0 aliphatic heterocycles. The highest BCUT2D eigenvalue weighted by atomic mass is 16.3. The Bertz CT molecular complexity index is 259. The number of aromatic hydroxyl groups is 1. The minimum atomic E-state index is 0.230. The molecule has 0 saturated heterocycles. The molecule has 1 aromatic carbocycles. The summed E-state index contributed by atoms with van der Waals surface area (Å²) in [7, 11) is 0. The van der Waals surface area contributed by atoms with Crippen LogP contribution in [0.25, 0.3) is 6.08 Å². The van der Waals surface area contributed by atoms with Crippen LogP contribution in [0.5, 0.6) is 5.75 Å². The minimum Gasteiger partial charge on any atom is -0.508 e. The van der Waals surface area contributed by atoms with E-state index in [1.807, 2.05) is 0 Å². The molecule has 0 aliphatic rings. The Morgan fingerprint density at radius 1 is 1.18 bits per heavy atom. The molecule has 0 heterocycles. The summed E-state index contributed by atoms with van der Waals surface area (Å²) in [5.74, 6) is 0.230. The zero-order valence-corrected chi connectivity index (χ0v) is 5.90. The SMILES string of the molecule is O=C/C=C/c1ccc(O)cc1. The van der Waals surface area contributed by atoms with Gasteiger partial charge in [0, 0.05) is 0 Å². The van der Waals surface area contributed by atoms with Crippen LogP contribution >= 0.6 is 0 Å². The number of phenols is 1. The van der Waals surface area contributed by atoms with Crippen LogP contribution in [-0.4, -0.2) is 11.4 Å². The van der Waals surface area contributed by atoms with Crippen LogP contribution in [0.1, 0.15) is 5.56 Å². The maximum atomic E-state index is 9.91. The van der Waals surface area contributed by atoms with E-state index in [2.05, 4.69) is 0 Å². The Hall–Kier alpha value is -1.57. The van der Waals surface area contributed by atoms with Gasteiger partial charge in [0.25, 0.3) is 0 Å². The van der Waals surface area contributed by atoms with Gasteiger partial charge in [-0.25, -0.2) is 0 Å². The number of rotatable bonds is 2. The second-order valence-electron chi connectivity index (χ2n) is 2.09. The summed E-state index contributed by atoms with van der Waals surface area (Å²) in [4.78, 5) is 9.91. The van der Waals surface area contributed by atoms with Crippen molar-refractivity contribution in [3.8, 4) is 5.75 Å². The molecule has 0 unspecified atom stereocenters. The smallest absolute Gasteiger partial charge is 0.142 e. The van der Waals surface area contributed by atoms with Gasteiger partial charge in [-0.05, 0) is 23.8 Å². The van der Waals surface area contributed by atoms with Gasteiger partial charge in [0.1, 0.15) is 12.0 Å². The molecule has 0 aromatic heterocycles. The average molecular weight is 148 g/mol. The van der Waals surface area contributed by atoms with E-state index < -0.39 is 0 Å². The molecule has 0 fully saturated rings. The van der Waals surface area contributed by atoms with Crippen molar-refractivity contribution in [2.45, 2.75) is 0 Å². The first-order chi connectivity index (χ1) is 5.33. The number of benzene rings is 1. The number of phenolic OH excluding ortho intramolecular Hbond substituents is 1. The van der Waals surface area contributed by atoms with E-state index in [1.54, 1.807) is 30.3 Å². The first-order valence-corrected chi connectivity index (χ1v) is 3.24. The summed E-state index contributed by atoms with van der Waals surface area (Å²) in [5.41, 5.74) is 0.898. The zero-order chi connectivity index (χ0) is 8.10. The Labute approximate surface area is 64.8 Å². The number of carbonyl (C=O) groups is 1. The van der Waals surface area contributed by atoms with Crippen LogP contribution in [0, 0.1) is 0 Å². The molecule has 0 bridgehead atoms. The molecular weight excluding hydrogens is 140 g/mol. The molecular formula is C9H8O2. The molecule has 1 N–H and O–H groups in total. The highest BCUT2D eigenvalue weighted by Gasteiger charge is 1.85. The molecule has 0 amide bonds. The third-order valence-corrected chi connectivity index (χ3v) is 1.26. The number of aldehydes is 1. The standard InChI is InChI=1S/C9H8O2/c10-7-1-2-8-3-5-9(11)6-4-8/h1-7,11H/b2-1+. The molecule has 0 saturated carbocycles. The molecule has 11 heavy (non-hydrogen) atoms. The third kappa shape index (κ3) is 2.26. The summed E-state index contributed by atoms with van der Waals surface area (Å²) >= 11 is 0. The normalized spacial score (nSPS) is 10.2. The van der Waals surface area contributed by atoms with Gasteiger partial charge in [-0.15, -0.1) is 0 Å². The Morgan fingerprint density at radius 3 is 2.36 bits per heavy atom. The number of hydrogen-bond donors (Lipinski definition) is 1. The van der Waals surface area contributed by atoms with E-state index in [4.69, 9.17) is 5.11 Å². The molecule has 56 valence electrons. The lowest BCUT2D eigenvalue weighted by Gasteiger charge is -1.91. The number of hydrogen-bond acceptors (Lipinski definition) is 2. The summed E-state index contributed by atoms with van der Waals surface area (Å²) in [5, 5.41) is 8.89. The van der Waals surface area contributed by atoms with Gasteiger partial charge in [-0.2, -0.15) is 0 Å². The van der Waals surface area contributed by atoms with Gasteiger partial charge < -0.3 is 5.11 Å². The summed E-state index contributed by atoms with van der Waals surface area (Å²) in [6.07, 6.45) is 3.80. The molecule has 1 rings (SSSR count). The van der Waals surface area contributed by atoms with Crippen molar-refractivity contribution in [1.29, 1.82) is 0 Å². The topological polar surface area (TPSA) is 37.3 Å². The molecule has 2 nitrogen and oxygen atoms in total. The lowest BCUT2D eigenvalue weighted by Crippen LogP contribution is -1.70. The lowest BCUT2D eigenvalue weighted by molar-refractivity contribution is -0.104. The molecule has 0 aliphatic carbocycles. The van der Waals surface area contributed by atoms with Crippen molar-refractivity contribution in [2.75, 3.05) is 0 Å². The Kier molecular flexibility index (Phi) is 2.44. The van der Waals surface area contributed by atoms with Crippen LogP contribution in [0.4, 0.5) is 0 Å². The van der Waals surface area contributed by atoms with Crippen molar-refractivity contribution in [3.05, 3.63) is 35.9 Å². The van der Waals surface area contributed by atoms with Crippen molar-refractivity contribution in [3.63, 3.8) is 0 Å². The first-order valence-electron chi connectivity index (χ1n) is 3.24. The average Bonchev–Trinajstić information content (AvgIpc) is 2.04. The summed E-state index contributed by atoms with van der Waals surface area (Å²) < 4.78 is 0. The zero-order valence-electron chi connectivity index (χ0n) is 5.90. The summed E-state index contributed by atoms with van der Waals surface area (Å²) in [6, 6.07) is 6.61. The fraction of sp³-hybridized carbons (Fsp3) is 0. The molecule has 0 radical (unpaired) electrons. The maximum absolute atomic E-state index is 9.91. The van der Waals surface area contributed by atoms with Crippen LogP contribution in [-0.2, 0) is 4.79 Å². The quantitative estimate of drug-likeness (QED) is 0.511. The van der Waals surface area contributed by atoms with Crippen LogP contribution in [0.2, 0.25) is 0 Å². The third-order valence-electron chi connectivity index (χ3n) is 1.26. The summed E-state index contributed by atoms with van der Waals surface area (Å²) in [6.45, 7) is 0. The van der Waals surface area contributed by atoms with E-state index >= 15 is 0 Å². The van der Waals surface area contributed by atoms with E-state index in [0.717, 1.165) is 5.56 Å². The van der Waals surface area contributed by atoms with E-state index in [-0.39, 0.29) is 5.75 Å². The fourth-order valence-corrected chi connectivity index (χ4v) is 0.736. The highest BCUT2D eigenvalue weighted by Crippen LogP contribution is 2.10.